The lowest BCUT2D eigenvalue weighted by Crippen LogP contribution is -2.23. The van der Waals surface area contributed by atoms with Gasteiger partial charge in [-0.15, -0.1) is 11.8 Å². The van der Waals surface area contributed by atoms with Crippen LogP contribution < -0.4 is 0 Å². The molecule has 27 heavy (non-hydrogen) atoms. The van der Waals surface area contributed by atoms with Gasteiger partial charge in [-0.2, -0.15) is 0 Å². The van der Waals surface area contributed by atoms with Crippen LogP contribution in [0.1, 0.15) is 50.8 Å². The number of ether oxygens (including phenoxy) is 1. The highest BCUT2D eigenvalue weighted by molar-refractivity contribution is 7.99. The predicted octanol–water partition coefficient (Wildman–Crippen LogP) is 5.21. The van der Waals surface area contributed by atoms with Crippen LogP contribution in [0.15, 0.2) is 46.4 Å². The minimum absolute atomic E-state index is 0.176. The molecule has 1 heterocycles. The van der Waals surface area contributed by atoms with E-state index in [1.54, 1.807) is 6.92 Å². The third kappa shape index (κ3) is 5.37. The number of thioether (sulfide) groups is 1. The second kappa shape index (κ2) is 9.10. The topological polar surface area (TPSA) is 38.7 Å². The van der Waals surface area contributed by atoms with Gasteiger partial charge in [0.1, 0.15) is 0 Å². The first-order valence-electron chi connectivity index (χ1n) is 9.12. The number of aryl methyl sites for hydroxylation is 1. The van der Waals surface area contributed by atoms with E-state index in [2.05, 4.69) is 56.3 Å². The Bertz CT molecular complexity index is 866. The summed E-state index contributed by atoms with van der Waals surface area (Å²) in [4.78, 5) is 17.4. The Balaban J connectivity index is 2.29. The number of esters is 1. The van der Waals surface area contributed by atoms with Gasteiger partial charge >= 0.3 is 5.97 Å². The third-order valence-electron chi connectivity index (χ3n) is 4.55. The molecule has 3 nitrogen and oxygen atoms in total. The molecule has 2 rings (SSSR count). The van der Waals surface area contributed by atoms with Gasteiger partial charge in [0.2, 0.25) is 0 Å². The molecule has 0 saturated heterocycles. The van der Waals surface area contributed by atoms with Gasteiger partial charge in [-0.3, -0.25) is 4.99 Å². The second-order valence-corrected chi connectivity index (χ2v) is 8.26. The van der Waals surface area contributed by atoms with Gasteiger partial charge in [0.05, 0.1) is 17.9 Å². The zero-order chi connectivity index (χ0) is 20.0. The lowest BCUT2D eigenvalue weighted by atomic mass is 9.80. The molecule has 1 aromatic rings. The normalized spacial score (nSPS) is 16.0. The van der Waals surface area contributed by atoms with Crippen LogP contribution in [0.5, 0.6) is 0 Å². The van der Waals surface area contributed by atoms with Crippen molar-refractivity contribution in [3.8, 4) is 11.8 Å². The van der Waals surface area contributed by atoms with Crippen LogP contribution in [0.2, 0.25) is 0 Å². The van der Waals surface area contributed by atoms with Gasteiger partial charge in [-0.25, -0.2) is 4.79 Å². The number of hydrogen-bond donors (Lipinski definition) is 0. The number of hydrogen-bond acceptors (Lipinski definition) is 4. The molecule has 0 aromatic heterocycles. The standard InChI is InChI=1S/C23H27NO2S/c1-7-18(22(25)26-8-2)15-24-17(4)9-10-19-14-20-21(13-16(19)3)27-12-11-23(20,5)6/h7,13-15H,1,8,11-12H2,2-6H3/b18-15+,24-17?. The summed E-state index contributed by atoms with van der Waals surface area (Å²) in [5.41, 5.74) is 4.70. The smallest absolute Gasteiger partial charge is 0.339 e. The monoisotopic (exact) mass is 381 g/mol. The highest BCUT2D eigenvalue weighted by Crippen LogP contribution is 2.42. The Morgan fingerprint density at radius 3 is 2.85 bits per heavy atom. The average molecular weight is 382 g/mol. The van der Waals surface area contributed by atoms with Gasteiger partial charge < -0.3 is 4.74 Å². The number of benzene rings is 1. The summed E-state index contributed by atoms with van der Waals surface area (Å²) >= 11 is 1.93. The van der Waals surface area contributed by atoms with Crippen LogP contribution in [-0.2, 0) is 14.9 Å². The third-order valence-corrected chi connectivity index (χ3v) is 5.60. The molecule has 0 radical (unpaired) electrons. The van der Waals surface area contributed by atoms with Crippen LogP contribution in [0.25, 0.3) is 0 Å². The summed E-state index contributed by atoms with van der Waals surface area (Å²) < 4.78 is 4.96. The largest absolute Gasteiger partial charge is 0.462 e. The molecule has 0 amide bonds. The van der Waals surface area contributed by atoms with Crippen molar-refractivity contribution in [1.82, 2.24) is 0 Å². The molecule has 0 bridgehead atoms. The minimum atomic E-state index is -0.428. The first kappa shape index (κ1) is 21.1. The van der Waals surface area contributed by atoms with Gasteiger partial charge in [0.25, 0.3) is 0 Å². The van der Waals surface area contributed by atoms with Crippen LogP contribution >= 0.6 is 11.8 Å². The summed E-state index contributed by atoms with van der Waals surface area (Å²) in [6.07, 6.45) is 4.06. The summed E-state index contributed by atoms with van der Waals surface area (Å²) in [6, 6.07) is 4.47. The maximum Gasteiger partial charge on any atom is 0.339 e. The van der Waals surface area contributed by atoms with Crippen molar-refractivity contribution in [1.29, 1.82) is 0 Å². The molecule has 0 fully saturated rings. The Kier molecular flexibility index (Phi) is 7.10. The average Bonchev–Trinajstić information content (AvgIpc) is 2.60. The first-order chi connectivity index (χ1) is 12.8. The summed E-state index contributed by atoms with van der Waals surface area (Å²) in [7, 11) is 0. The van der Waals surface area contributed by atoms with E-state index in [-0.39, 0.29) is 5.41 Å². The number of rotatable bonds is 4. The SMILES string of the molecule is C=C/C(=C\N=C(C)C#Cc1cc2c(cc1C)SCCC2(C)C)C(=O)OCC. The Morgan fingerprint density at radius 2 is 2.19 bits per heavy atom. The Morgan fingerprint density at radius 1 is 1.44 bits per heavy atom. The molecule has 1 aliphatic rings. The zero-order valence-electron chi connectivity index (χ0n) is 16.8. The fourth-order valence-corrected chi connectivity index (χ4v) is 4.36. The fourth-order valence-electron chi connectivity index (χ4n) is 2.77. The van der Waals surface area contributed by atoms with Crippen molar-refractivity contribution in [3.63, 3.8) is 0 Å². The quantitative estimate of drug-likeness (QED) is 0.236. The van der Waals surface area contributed by atoms with Gasteiger partial charge in [-0.05, 0) is 67.5 Å². The molecule has 0 atom stereocenters. The summed E-state index contributed by atoms with van der Waals surface area (Å²) in [5, 5.41) is 0. The van der Waals surface area contributed by atoms with E-state index in [1.807, 2.05) is 18.7 Å². The molecule has 142 valence electrons. The molecule has 4 heteroatoms. The molecule has 0 spiro atoms. The first-order valence-corrected chi connectivity index (χ1v) is 10.1. The van der Waals surface area contributed by atoms with Crippen LogP contribution in [-0.4, -0.2) is 24.0 Å². The number of carbonyl (C=O) groups is 1. The molecule has 1 aliphatic heterocycles. The maximum absolute atomic E-state index is 11.7. The van der Waals surface area contributed by atoms with Crippen molar-refractivity contribution in [2.24, 2.45) is 4.99 Å². The van der Waals surface area contributed by atoms with E-state index in [0.29, 0.717) is 17.9 Å². The lowest BCUT2D eigenvalue weighted by molar-refractivity contribution is -0.138. The number of fused-ring (bicyclic) bond motifs is 1. The highest BCUT2D eigenvalue weighted by atomic mass is 32.2. The van der Waals surface area contributed by atoms with Gasteiger partial charge in [0, 0.05) is 16.7 Å². The Labute approximate surface area is 167 Å². The van der Waals surface area contributed by atoms with Crippen molar-refractivity contribution in [2.45, 2.75) is 51.3 Å². The molecule has 1 aromatic carbocycles. The Hall–Kier alpha value is -2.25. The predicted molar refractivity (Wildman–Crippen MR) is 114 cm³/mol. The number of nitrogens with zero attached hydrogens (tertiary/aromatic N) is 1. The maximum atomic E-state index is 11.7. The minimum Gasteiger partial charge on any atom is -0.462 e. The van der Waals surface area contributed by atoms with Gasteiger partial charge in [-0.1, -0.05) is 32.4 Å². The lowest BCUT2D eigenvalue weighted by Gasteiger charge is -2.32. The van der Waals surface area contributed by atoms with E-state index in [4.69, 9.17) is 4.74 Å². The molecular weight excluding hydrogens is 354 g/mol. The molecule has 0 unspecified atom stereocenters. The van der Waals surface area contributed by atoms with Crippen LogP contribution in [0.3, 0.4) is 0 Å². The van der Waals surface area contributed by atoms with E-state index in [0.717, 1.165) is 11.3 Å². The highest BCUT2D eigenvalue weighted by Gasteiger charge is 2.28. The molecule has 0 aliphatic carbocycles. The molecular formula is C23H27NO2S. The number of aliphatic imine (C=N–C) groups is 1. The molecule has 0 saturated carbocycles. The fraction of sp³-hybridized carbons (Fsp3) is 0.391. The van der Waals surface area contributed by atoms with E-state index < -0.39 is 5.97 Å². The second-order valence-electron chi connectivity index (χ2n) is 7.12. The van der Waals surface area contributed by atoms with Crippen molar-refractivity contribution < 1.29 is 9.53 Å². The summed E-state index contributed by atoms with van der Waals surface area (Å²) in [6.45, 7) is 14.2. The van der Waals surface area contributed by atoms with Crippen molar-refractivity contribution >= 4 is 23.4 Å². The number of carbonyl (C=O) groups excluding carboxylic acids is 1. The van der Waals surface area contributed by atoms with Crippen LogP contribution in [0.4, 0.5) is 0 Å². The van der Waals surface area contributed by atoms with Crippen molar-refractivity contribution in [3.05, 3.63) is 53.3 Å². The summed E-state index contributed by atoms with van der Waals surface area (Å²) in [5.74, 6) is 7.05. The van der Waals surface area contributed by atoms with Crippen molar-refractivity contribution in [2.75, 3.05) is 12.4 Å². The van der Waals surface area contributed by atoms with Crippen LogP contribution in [0, 0.1) is 18.8 Å². The van der Waals surface area contributed by atoms with E-state index >= 15 is 0 Å². The van der Waals surface area contributed by atoms with Gasteiger partial charge in [0.15, 0.2) is 0 Å². The van der Waals surface area contributed by atoms with E-state index in [9.17, 15) is 4.79 Å². The van der Waals surface area contributed by atoms with E-state index in [1.165, 1.54) is 34.7 Å². The zero-order valence-corrected chi connectivity index (χ0v) is 17.6. The molecule has 0 N–H and O–H groups in total.